The second-order valence-corrected chi connectivity index (χ2v) is 5.91. The Bertz CT molecular complexity index is 955. The zero-order valence-electron chi connectivity index (χ0n) is 13.3. The summed E-state index contributed by atoms with van der Waals surface area (Å²) in [5.74, 6) is 1.18. The number of fused-ring (bicyclic) bond motifs is 1. The number of aliphatic imine (C=N–C) groups is 2. The number of dihydropyridines is 1. The maximum absolute atomic E-state index is 9.72. The Balaban J connectivity index is 1.75. The van der Waals surface area contributed by atoms with Crippen LogP contribution in [0.1, 0.15) is 6.42 Å². The highest BCUT2D eigenvalue weighted by molar-refractivity contribution is 6.48. The third kappa shape index (κ3) is 2.62. The Kier molecular flexibility index (Phi) is 3.46. The van der Waals surface area contributed by atoms with E-state index in [9.17, 15) is 5.11 Å². The minimum Gasteiger partial charge on any atom is -0.396 e. The fourth-order valence-electron chi connectivity index (χ4n) is 2.87. The van der Waals surface area contributed by atoms with Gasteiger partial charge in [-0.2, -0.15) is 9.61 Å². The van der Waals surface area contributed by atoms with Crippen molar-refractivity contribution in [1.82, 2.24) is 19.5 Å². The Labute approximate surface area is 142 Å². The maximum atomic E-state index is 9.72. The van der Waals surface area contributed by atoms with Crippen LogP contribution in [0.25, 0.3) is 5.65 Å². The summed E-state index contributed by atoms with van der Waals surface area (Å²) in [6, 6.07) is 1.64. The number of nitrogens with zero attached hydrogens (tertiary/aromatic N) is 6. The van der Waals surface area contributed by atoms with Crippen molar-refractivity contribution >= 4 is 34.5 Å². The van der Waals surface area contributed by atoms with Crippen molar-refractivity contribution in [2.24, 2.45) is 15.7 Å². The smallest absolute Gasteiger partial charge is 0.183 e. The normalized spacial score (nSPS) is 22.6. The first-order valence-corrected chi connectivity index (χ1v) is 7.78. The number of aromatic nitrogens is 3. The molecular weight excluding hydrogens is 322 g/mol. The molecule has 128 valence electrons. The third-order valence-electron chi connectivity index (χ3n) is 4.11. The van der Waals surface area contributed by atoms with Crippen molar-refractivity contribution in [3.05, 3.63) is 30.2 Å². The molecule has 0 aromatic carbocycles. The van der Waals surface area contributed by atoms with Crippen LogP contribution in [0.5, 0.6) is 0 Å². The lowest BCUT2D eigenvalue weighted by Crippen LogP contribution is -2.38. The topological polar surface area (TPSA) is 154 Å². The van der Waals surface area contributed by atoms with Gasteiger partial charge in [0.25, 0.3) is 0 Å². The molecule has 0 bridgehead atoms. The molecule has 0 radical (unpaired) electrons. The monoisotopic (exact) mass is 339 g/mol. The second-order valence-electron chi connectivity index (χ2n) is 5.91. The summed E-state index contributed by atoms with van der Waals surface area (Å²) < 4.78 is 1.48. The van der Waals surface area contributed by atoms with E-state index < -0.39 is 6.10 Å². The molecule has 0 spiro atoms. The van der Waals surface area contributed by atoms with Gasteiger partial charge in [0.1, 0.15) is 11.5 Å². The summed E-state index contributed by atoms with van der Waals surface area (Å²) in [6.07, 6.45) is 4.86. The van der Waals surface area contributed by atoms with Crippen molar-refractivity contribution < 1.29 is 5.11 Å². The zero-order valence-corrected chi connectivity index (χ0v) is 13.3. The fraction of sp³-hybridized carbons (Fsp3) is 0.267. The number of nitrogens with one attached hydrogen (secondary N) is 1. The molecule has 1 unspecified atom stereocenters. The number of likely N-dealkylation sites (tertiary alicyclic amines) is 1. The number of nitrogen functional groups attached to an aromatic ring is 1. The highest BCUT2D eigenvalue weighted by atomic mass is 16.3. The first-order valence-electron chi connectivity index (χ1n) is 7.78. The molecule has 10 heteroatoms. The van der Waals surface area contributed by atoms with E-state index >= 15 is 0 Å². The number of anilines is 1. The summed E-state index contributed by atoms with van der Waals surface area (Å²) in [5, 5.41) is 22.0. The average molecular weight is 339 g/mol. The third-order valence-corrected chi connectivity index (χ3v) is 4.11. The number of amidine groups is 2. The standard InChI is InChI=1S/C15H17N9O/c16-9-5-10(17)14(23-4-2-8(25)7-23)22-13(9)21-11-6-20-24-12(18)1-3-19-15(11)24/h1,3,5-6,8,17,25H,2,4,7,16,18H2/b17-10?,21-13-. The van der Waals surface area contributed by atoms with Crippen LogP contribution in [0.15, 0.2) is 40.2 Å². The summed E-state index contributed by atoms with van der Waals surface area (Å²) in [7, 11) is 0. The van der Waals surface area contributed by atoms with Crippen LogP contribution >= 0.6 is 0 Å². The lowest BCUT2D eigenvalue weighted by Gasteiger charge is -2.22. The van der Waals surface area contributed by atoms with Crippen LogP contribution in [0, 0.1) is 5.41 Å². The Morgan fingerprint density at radius 2 is 2.20 bits per heavy atom. The van der Waals surface area contributed by atoms with Gasteiger partial charge in [0.15, 0.2) is 17.3 Å². The van der Waals surface area contributed by atoms with Crippen molar-refractivity contribution in [2.45, 2.75) is 12.5 Å². The lowest BCUT2D eigenvalue weighted by molar-refractivity contribution is 0.188. The van der Waals surface area contributed by atoms with Crippen molar-refractivity contribution in [3.8, 4) is 0 Å². The van der Waals surface area contributed by atoms with Crippen molar-refractivity contribution in [3.63, 3.8) is 0 Å². The van der Waals surface area contributed by atoms with Gasteiger partial charge in [-0.15, -0.1) is 0 Å². The Hall–Kier alpha value is -3.27. The molecular formula is C15H17N9O. The minimum atomic E-state index is -0.411. The second kappa shape index (κ2) is 5.67. The van der Waals surface area contributed by atoms with Gasteiger partial charge in [-0.1, -0.05) is 0 Å². The molecule has 2 aliphatic rings. The first kappa shape index (κ1) is 15.3. The Morgan fingerprint density at radius 3 is 2.96 bits per heavy atom. The number of hydrogen-bond acceptors (Lipinski definition) is 8. The number of aliphatic hydroxyl groups is 1. The van der Waals surface area contributed by atoms with E-state index in [1.54, 1.807) is 12.3 Å². The van der Waals surface area contributed by atoms with Gasteiger partial charge in [0.2, 0.25) is 0 Å². The minimum absolute atomic E-state index is 0.202. The van der Waals surface area contributed by atoms with E-state index in [0.717, 1.165) is 0 Å². The molecule has 1 saturated heterocycles. The average Bonchev–Trinajstić information content (AvgIpc) is 3.18. The largest absolute Gasteiger partial charge is 0.396 e. The molecule has 0 aliphatic carbocycles. The van der Waals surface area contributed by atoms with Gasteiger partial charge in [-0.3, -0.25) is 5.41 Å². The van der Waals surface area contributed by atoms with Crippen molar-refractivity contribution in [2.75, 3.05) is 18.8 Å². The molecule has 4 rings (SSSR count). The molecule has 0 amide bonds. The summed E-state index contributed by atoms with van der Waals surface area (Å²) in [6.45, 7) is 1.08. The van der Waals surface area contributed by atoms with Crippen molar-refractivity contribution in [1.29, 1.82) is 5.41 Å². The van der Waals surface area contributed by atoms with E-state index in [0.29, 0.717) is 42.5 Å². The molecule has 25 heavy (non-hydrogen) atoms. The van der Waals surface area contributed by atoms with Gasteiger partial charge >= 0.3 is 0 Å². The lowest BCUT2D eigenvalue weighted by atomic mass is 10.2. The summed E-state index contributed by atoms with van der Waals surface area (Å²) >= 11 is 0. The number of aliphatic hydroxyl groups excluding tert-OH is 1. The van der Waals surface area contributed by atoms with Gasteiger partial charge in [0.05, 0.1) is 23.7 Å². The van der Waals surface area contributed by atoms with Gasteiger partial charge in [-0.05, 0) is 18.6 Å². The summed E-state index contributed by atoms with van der Waals surface area (Å²) in [5.41, 5.74) is 13.3. The van der Waals surface area contributed by atoms with Gasteiger partial charge < -0.3 is 21.5 Å². The number of nitrogens with two attached hydrogens (primary N) is 2. The van der Waals surface area contributed by atoms with Crippen LogP contribution < -0.4 is 11.5 Å². The quantitative estimate of drug-likeness (QED) is 0.558. The highest BCUT2D eigenvalue weighted by Crippen LogP contribution is 2.22. The SMILES string of the molecule is N=C1C=C(N)/C(=N/c2cnn3c(N)ccnc23)N=C1N1CCC(O)C1. The van der Waals surface area contributed by atoms with Crippen LogP contribution in [-0.4, -0.2) is 61.2 Å². The molecule has 0 saturated carbocycles. The van der Waals surface area contributed by atoms with Crippen LogP contribution in [0.4, 0.5) is 11.5 Å². The molecule has 2 aliphatic heterocycles. The first-order chi connectivity index (χ1) is 12.0. The molecule has 6 N–H and O–H groups in total. The molecule has 10 nitrogen and oxygen atoms in total. The molecule has 4 heterocycles. The van der Waals surface area contributed by atoms with Crippen LogP contribution in [0.2, 0.25) is 0 Å². The predicted molar refractivity (Wildman–Crippen MR) is 94.1 cm³/mol. The van der Waals surface area contributed by atoms with E-state index in [-0.39, 0.29) is 17.2 Å². The van der Waals surface area contributed by atoms with Crippen LogP contribution in [-0.2, 0) is 0 Å². The molecule has 1 fully saturated rings. The predicted octanol–water partition coefficient (Wildman–Crippen LogP) is -0.317. The van der Waals surface area contributed by atoms with Gasteiger partial charge in [-0.25, -0.2) is 15.0 Å². The van der Waals surface area contributed by atoms with E-state index in [4.69, 9.17) is 16.9 Å². The van der Waals surface area contributed by atoms with Gasteiger partial charge in [0, 0.05) is 19.3 Å². The number of hydrogen-bond donors (Lipinski definition) is 4. The van der Waals surface area contributed by atoms with E-state index in [1.807, 2.05) is 4.90 Å². The fourth-order valence-corrected chi connectivity index (χ4v) is 2.87. The highest BCUT2D eigenvalue weighted by Gasteiger charge is 2.28. The number of rotatable bonds is 1. The molecule has 2 aromatic rings. The Morgan fingerprint density at radius 1 is 1.36 bits per heavy atom. The van der Waals surface area contributed by atoms with E-state index in [2.05, 4.69) is 20.1 Å². The summed E-state index contributed by atoms with van der Waals surface area (Å²) in [4.78, 5) is 15.0. The van der Waals surface area contributed by atoms with Crippen LogP contribution in [0.3, 0.4) is 0 Å². The maximum Gasteiger partial charge on any atom is 0.183 e. The molecule has 1 atom stereocenters. The zero-order chi connectivity index (χ0) is 17.6. The molecule has 2 aromatic heterocycles. The number of β-amino-alcohol motifs (C(OH)–C–C–N with tert-alkyl or cyclic N) is 1. The van der Waals surface area contributed by atoms with E-state index in [1.165, 1.54) is 16.8 Å².